The molecule has 0 saturated heterocycles. The van der Waals surface area contributed by atoms with Crippen molar-refractivity contribution in [2.24, 2.45) is 0 Å². The minimum absolute atomic E-state index is 0.173. The Kier molecular flexibility index (Phi) is 4.99. The van der Waals surface area contributed by atoms with Crippen molar-refractivity contribution in [3.05, 3.63) is 62.5 Å². The highest BCUT2D eigenvalue weighted by Crippen LogP contribution is 2.30. The van der Waals surface area contributed by atoms with Gasteiger partial charge < -0.3 is 10.1 Å². The number of ether oxygens (including phenoxy) is 1. The largest absolute Gasteiger partial charge is 0.497 e. The van der Waals surface area contributed by atoms with E-state index in [1.165, 1.54) is 18.7 Å². The van der Waals surface area contributed by atoms with Crippen molar-refractivity contribution in [1.82, 2.24) is 5.32 Å². The second-order valence-corrected chi connectivity index (χ2v) is 5.67. The summed E-state index contributed by atoms with van der Waals surface area (Å²) in [5.41, 5.74) is 2.89. The molecule has 0 aromatic heterocycles. The highest BCUT2D eigenvalue weighted by Gasteiger charge is 2.19. The maximum Gasteiger partial charge on any atom is 0.132 e. The minimum Gasteiger partial charge on any atom is -0.497 e. The molecule has 4 heteroatoms. The number of methoxy groups -OCH3 is 1. The molecule has 2 aromatic carbocycles. The van der Waals surface area contributed by atoms with Gasteiger partial charge in [-0.2, -0.15) is 0 Å². The van der Waals surface area contributed by atoms with Crippen LogP contribution in [0.25, 0.3) is 0 Å². The Bertz CT molecular complexity index is 615. The van der Waals surface area contributed by atoms with Gasteiger partial charge in [0.05, 0.1) is 13.2 Å². The first-order chi connectivity index (χ1) is 9.58. The zero-order valence-electron chi connectivity index (χ0n) is 11.7. The lowest BCUT2D eigenvalue weighted by molar-refractivity contribution is 0.410. The number of halogens is 2. The molecule has 2 aromatic rings. The molecule has 2 rings (SSSR count). The molecule has 106 valence electrons. The summed E-state index contributed by atoms with van der Waals surface area (Å²) in [6, 6.07) is 10.9. The van der Waals surface area contributed by atoms with Crippen LogP contribution in [0, 0.1) is 16.3 Å². The number of hydrogen-bond donors (Lipinski definition) is 1. The van der Waals surface area contributed by atoms with Crippen molar-refractivity contribution < 1.29 is 9.13 Å². The molecule has 2 nitrogen and oxygen atoms in total. The van der Waals surface area contributed by atoms with Crippen molar-refractivity contribution in [1.29, 1.82) is 0 Å². The lowest BCUT2D eigenvalue weighted by atomic mass is 9.97. The number of aryl methyl sites for hydroxylation is 1. The quantitative estimate of drug-likeness (QED) is 0.802. The van der Waals surface area contributed by atoms with Gasteiger partial charge >= 0.3 is 0 Å². The van der Waals surface area contributed by atoms with E-state index in [1.807, 2.05) is 19.2 Å². The Morgan fingerprint density at radius 1 is 1.20 bits per heavy atom. The predicted octanol–water partition coefficient (Wildman–Crippen LogP) is 4.06. The molecule has 0 aliphatic heterocycles. The Morgan fingerprint density at radius 2 is 1.95 bits per heavy atom. The molecule has 0 aliphatic rings. The average molecular weight is 385 g/mol. The summed E-state index contributed by atoms with van der Waals surface area (Å²) in [6.45, 7) is 2.06. The number of hydrogen-bond acceptors (Lipinski definition) is 2. The molecule has 0 bridgehead atoms. The molecular weight excluding hydrogens is 368 g/mol. The molecule has 20 heavy (non-hydrogen) atoms. The van der Waals surface area contributed by atoms with Crippen LogP contribution < -0.4 is 10.1 Å². The number of benzene rings is 2. The van der Waals surface area contributed by atoms with Gasteiger partial charge in [-0.3, -0.25) is 0 Å². The first kappa shape index (κ1) is 15.3. The normalized spacial score (nSPS) is 12.2. The third-order valence-electron chi connectivity index (χ3n) is 3.34. The van der Waals surface area contributed by atoms with Gasteiger partial charge in [0.1, 0.15) is 11.6 Å². The molecule has 1 N–H and O–H groups in total. The molecule has 0 amide bonds. The Hall–Kier alpha value is -1.14. The standard InChI is InChI=1S/C16H17FINO/c1-10-5-4-6-13(15(10)18)16(19-2)12-8-7-11(20-3)9-14(12)17/h4-9,16,19H,1-3H3. The molecule has 0 saturated carbocycles. The van der Waals surface area contributed by atoms with Crippen molar-refractivity contribution in [3.63, 3.8) is 0 Å². The third kappa shape index (κ3) is 2.96. The highest BCUT2D eigenvalue weighted by atomic mass is 127. The monoisotopic (exact) mass is 385 g/mol. The molecule has 1 unspecified atom stereocenters. The van der Waals surface area contributed by atoms with Crippen LogP contribution in [0.3, 0.4) is 0 Å². The van der Waals surface area contributed by atoms with Gasteiger partial charge in [0.15, 0.2) is 0 Å². The second kappa shape index (κ2) is 6.54. The summed E-state index contributed by atoms with van der Waals surface area (Å²) < 4.78 is 20.5. The summed E-state index contributed by atoms with van der Waals surface area (Å²) in [4.78, 5) is 0. The van der Waals surface area contributed by atoms with Crippen LogP contribution in [-0.4, -0.2) is 14.2 Å². The SMILES string of the molecule is CNC(c1ccc(OC)cc1F)c1cccc(C)c1I. The van der Waals surface area contributed by atoms with Gasteiger partial charge in [0.25, 0.3) is 0 Å². The number of nitrogens with one attached hydrogen (secondary N) is 1. The average Bonchev–Trinajstić information content (AvgIpc) is 2.45. The van der Waals surface area contributed by atoms with Gasteiger partial charge in [-0.15, -0.1) is 0 Å². The van der Waals surface area contributed by atoms with E-state index in [0.29, 0.717) is 11.3 Å². The van der Waals surface area contributed by atoms with E-state index >= 15 is 0 Å². The van der Waals surface area contributed by atoms with Crippen LogP contribution in [0.2, 0.25) is 0 Å². The predicted molar refractivity (Wildman–Crippen MR) is 87.8 cm³/mol. The van der Waals surface area contributed by atoms with Crippen LogP contribution in [0.5, 0.6) is 5.75 Å². The van der Waals surface area contributed by atoms with E-state index in [2.05, 4.69) is 40.9 Å². The van der Waals surface area contributed by atoms with Crippen LogP contribution >= 0.6 is 22.6 Å². The second-order valence-electron chi connectivity index (χ2n) is 4.59. The van der Waals surface area contributed by atoms with Crippen molar-refractivity contribution in [2.75, 3.05) is 14.2 Å². The smallest absolute Gasteiger partial charge is 0.132 e. The summed E-state index contributed by atoms with van der Waals surface area (Å²) in [7, 11) is 3.38. The molecule has 0 aliphatic carbocycles. The molecule has 0 spiro atoms. The Labute approximate surface area is 132 Å². The highest BCUT2D eigenvalue weighted by molar-refractivity contribution is 14.1. The molecule has 0 heterocycles. The van der Waals surface area contributed by atoms with E-state index in [9.17, 15) is 4.39 Å². The van der Waals surface area contributed by atoms with E-state index in [1.54, 1.807) is 12.1 Å². The lowest BCUT2D eigenvalue weighted by Gasteiger charge is -2.20. The van der Waals surface area contributed by atoms with Crippen molar-refractivity contribution in [3.8, 4) is 5.75 Å². The maximum atomic E-state index is 14.3. The van der Waals surface area contributed by atoms with Gasteiger partial charge in [-0.25, -0.2) is 4.39 Å². The van der Waals surface area contributed by atoms with E-state index < -0.39 is 0 Å². The first-order valence-corrected chi connectivity index (χ1v) is 7.42. The first-order valence-electron chi connectivity index (χ1n) is 6.34. The van der Waals surface area contributed by atoms with E-state index in [4.69, 9.17) is 4.74 Å². The fraction of sp³-hybridized carbons (Fsp3) is 0.250. The topological polar surface area (TPSA) is 21.3 Å². The Morgan fingerprint density at radius 3 is 2.55 bits per heavy atom. The maximum absolute atomic E-state index is 14.3. The van der Waals surface area contributed by atoms with E-state index in [-0.39, 0.29) is 11.9 Å². The van der Waals surface area contributed by atoms with Crippen LogP contribution in [-0.2, 0) is 0 Å². The fourth-order valence-electron chi connectivity index (χ4n) is 2.24. The number of rotatable bonds is 4. The van der Waals surface area contributed by atoms with Gasteiger partial charge in [-0.05, 0) is 53.8 Å². The van der Waals surface area contributed by atoms with Crippen LogP contribution in [0.1, 0.15) is 22.7 Å². The summed E-state index contributed by atoms with van der Waals surface area (Å²) >= 11 is 2.31. The van der Waals surface area contributed by atoms with Gasteiger partial charge in [-0.1, -0.05) is 24.3 Å². The lowest BCUT2D eigenvalue weighted by Crippen LogP contribution is -2.20. The summed E-state index contributed by atoms with van der Waals surface area (Å²) in [6.07, 6.45) is 0. The molecule has 0 fully saturated rings. The third-order valence-corrected chi connectivity index (χ3v) is 4.81. The molecule has 1 atom stereocenters. The summed E-state index contributed by atoms with van der Waals surface area (Å²) in [5.74, 6) is 0.265. The summed E-state index contributed by atoms with van der Waals surface area (Å²) in [5, 5.41) is 3.20. The van der Waals surface area contributed by atoms with Crippen molar-refractivity contribution >= 4 is 22.6 Å². The zero-order valence-corrected chi connectivity index (χ0v) is 13.9. The van der Waals surface area contributed by atoms with Crippen molar-refractivity contribution in [2.45, 2.75) is 13.0 Å². The molecule has 0 radical (unpaired) electrons. The fourth-order valence-corrected chi connectivity index (χ4v) is 2.91. The Balaban J connectivity index is 2.50. The minimum atomic E-state index is -0.263. The van der Waals surface area contributed by atoms with Gasteiger partial charge in [0, 0.05) is 15.2 Å². The van der Waals surface area contributed by atoms with Crippen LogP contribution in [0.15, 0.2) is 36.4 Å². The zero-order chi connectivity index (χ0) is 14.7. The van der Waals surface area contributed by atoms with E-state index in [0.717, 1.165) is 9.13 Å². The van der Waals surface area contributed by atoms with Gasteiger partial charge in [0.2, 0.25) is 0 Å². The van der Waals surface area contributed by atoms with Crippen LogP contribution in [0.4, 0.5) is 4.39 Å². The molecular formula is C16H17FINO.